The maximum Gasteiger partial charge on any atom is 0.410 e. The van der Waals surface area contributed by atoms with E-state index in [0.717, 1.165) is 10.9 Å². The number of piperidine rings is 1. The van der Waals surface area contributed by atoms with Crippen molar-refractivity contribution in [3.63, 3.8) is 0 Å². The van der Waals surface area contributed by atoms with Crippen molar-refractivity contribution >= 4 is 40.4 Å². The number of likely N-dealkylation sites (tertiary alicyclic amines) is 1. The fourth-order valence-electron chi connectivity index (χ4n) is 3.75. The van der Waals surface area contributed by atoms with Gasteiger partial charge in [0.1, 0.15) is 17.6 Å². The van der Waals surface area contributed by atoms with Crippen LogP contribution in [0.5, 0.6) is 0 Å². The molecule has 8 nitrogen and oxygen atoms in total. The van der Waals surface area contributed by atoms with Crippen molar-refractivity contribution in [2.75, 3.05) is 25.5 Å². The van der Waals surface area contributed by atoms with Gasteiger partial charge in [0.2, 0.25) is 0 Å². The van der Waals surface area contributed by atoms with Crippen LogP contribution in [0.2, 0.25) is 5.15 Å². The Morgan fingerprint density at radius 1 is 1.22 bits per heavy atom. The van der Waals surface area contributed by atoms with Crippen molar-refractivity contribution in [3.8, 4) is 0 Å². The summed E-state index contributed by atoms with van der Waals surface area (Å²) < 4.78 is 10.4. The predicted molar refractivity (Wildman–Crippen MR) is 120 cm³/mol. The summed E-state index contributed by atoms with van der Waals surface area (Å²) in [5.41, 5.74) is 1.60. The van der Waals surface area contributed by atoms with Gasteiger partial charge in [0.05, 0.1) is 18.5 Å². The monoisotopic (exact) mass is 454 g/mol. The molecule has 0 spiro atoms. The minimum absolute atomic E-state index is 0.180. The standard InChI is InChI=1S/C23H23ClN4O4/c1-31-22(29)17-13-28(23(30)32-14-15-5-3-2-4-6-15)10-9-18(17)26-21-8-7-16-12-25-20(24)11-19(16)27-21/h2-8,11-12,17-18H,9-10,13-14H2,1H3,(H,26,27). The van der Waals surface area contributed by atoms with Crippen LogP contribution in [0.25, 0.3) is 10.9 Å². The molecule has 3 aromatic rings. The Balaban J connectivity index is 1.43. The molecular weight excluding hydrogens is 432 g/mol. The molecule has 32 heavy (non-hydrogen) atoms. The lowest BCUT2D eigenvalue weighted by Gasteiger charge is -2.37. The number of benzene rings is 1. The highest BCUT2D eigenvalue weighted by Crippen LogP contribution is 2.24. The number of anilines is 1. The highest BCUT2D eigenvalue weighted by Gasteiger charge is 2.37. The number of esters is 1. The van der Waals surface area contributed by atoms with Crippen molar-refractivity contribution in [1.29, 1.82) is 0 Å². The molecule has 2 aromatic heterocycles. The number of carbonyl (C=O) groups excluding carboxylic acids is 2. The second kappa shape index (κ2) is 9.82. The van der Waals surface area contributed by atoms with E-state index >= 15 is 0 Å². The average molecular weight is 455 g/mol. The SMILES string of the molecule is COC(=O)C1CN(C(=O)OCc2ccccc2)CCC1Nc1ccc2cnc(Cl)cc2n1. The maximum absolute atomic E-state index is 12.6. The third-order valence-electron chi connectivity index (χ3n) is 5.45. The van der Waals surface area contributed by atoms with E-state index in [1.165, 1.54) is 7.11 Å². The van der Waals surface area contributed by atoms with Gasteiger partial charge in [-0.25, -0.2) is 14.8 Å². The number of hydrogen-bond acceptors (Lipinski definition) is 7. The Kier molecular flexibility index (Phi) is 6.70. The van der Waals surface area contributed by atoms with Gasteiger partial charge in [0, 0.05) is 36.8 Å². The van der Waals surface area contributed by atoms with E-state index in [4.69, 9.17) is 21.1 Å². The molecule has 2 atom stereocenters. The number of rotatable bonds is 5. The number of amides is 1. The number of pyridine rings is 2. The molecule has 0 bridgehead atoms. The van der Waals surface area contributed by atoms with Gasteiger partial charge in [-0.05, 0) is 24.1 Å². The van der Waals surface area contributed by atoms with Crippen LogP contribution < -0.4 is 5.32 Å². The van der Waals surface area contributed by atoms with Crippen LogP contribution in [0.3, 0.4) is 0 Å². The number of hydrogen-bond donors (Lipinski definition) is 1. The number of carbonyl (C=O) groups is 2. The highest BCUT2D eigenvalue weighted by molar-refractivity contribution is 6.30. The van der Waals surface area contributed by atoms with Crippen LogP contribution in [0.1, 0.15) is 12.0 Å². The lowest BCUT2D eigenvalue weighted by molar-refractivity contribution is -0.147. The summed E-state index contributed by atoms with van der Waals surface area (Å²) >= 11 is 5.97. The van der Waals surface area contributed by atoms with Crippen LogP contribution >= 0.6 is 11.6 Å². The number of ether oxygens (including phenoxy) is 2. The van der Waals surface area contributed by atoms with E-state index in [2.05, 4.69) is 15.3 Å². The Morgan fingerprint density at radius 2 is 2.03 bits per heavy atom. The molecule has 4 rings (SSSR count). The van der Waals surface area contributed by atoms with Crippen LogP contribution in [0.15, 0.2) is 54.7 Å². The first-order chi connectivity index (χ1) is 15.5. The smallest absolute Gasteiger partial charge is 0.410 e. The topological polar surface area (TPSA) is 93.7 Å². The number of nitrogens with one attached hydrogen (secondary N) is 1. The van der Waals surface area contributed by atoms with Crippen LogP contribution in [0.4, 0.5) is 10.6 Å². The largest absolute Gasteiger partial charge is 0.469 e. The number of methoxy groups -OCH3 is 1. The van der Waals surface area contributed by atoms with E-state index in [9.17, 15) is 9.59 Å². The number of halogens is 1. The Labute approximate surface area is 190 Å². The highest BCUT2D eigenvalue weighted by atomic mass is 35.5. The lowest BCUT2D eigenvalue weighted by atomic mass is 9.92. The quantitative estimate of drug-likeness (QED) is 0.461. The van der Waals surface area contributed by atoms with Crippen molar-refractivity contribution < 1.29 is 19.1 Å². The lowest BCUT2D eigenvalue weighted by Crippen LogP contribution is -2.51. The first-order valence-corrected chi connectivity index (χ1v) is 10.6. The zero-order chi connectivity index (χ0) is 22.5. The molecule has 1 aliphatic rings. The van der Waals surface area contributed by atoms with Crippen molar-refractivity contribution in [3.05, 3.63) is 65.4 Å². The number of nitrogens with zero attached hydrogens (tertiary/aromatic N) is 3. The van der Waals surface area contributed by atoms with E-state index in [1.54, 1.807) is 17.2 Å². The molecular formula is C23H23ClN4O4. The van der Waals surface area contributed by atoms with Gasteiger partial charge < -0.3 is 19.7 Å². The van der Waals surface area contributed by atoms with E-state index in [1.807, 2.05) is 42.5 Å². The third-order valence-corrected chi connectivity index (χ3v) is 5.66. The normalized spacial score (nSPS) is 18.2. The van der Waals surface area contributed by atoms with Crippen molar-refractivity contribution in [1.82, 2.24) is 14.9 Å². The molecule has 0 aliphatic carbocycles. The van der Waals surface area contributed by atoms with E-state index in [0.29, 0.717) is 29.5 Å². The zero-order valence-corrected chi connectivity index (χ0v) is 18.3. The van der Waals surface area contributed by atoms with Gasteiger partial charge in [0.25, 0.3) is 0 Å². The Bertz CT molecular complexity index is 1110. The molecule has 1 amide bonds. The van der Waals surface area contributed by atoms with E-state index < -0.39 is 18.0 Å². The summed E-state index contributed by atoms with van der Waals surface area (Å²) in [6, 6.07) is 14.6. The van der Waals surface area contributed by atoms with Crippen molar-refractivity contribution in [2.45, 2.75) is 19.1 Å². The number of fused-ring (bicyclic) bond motifs is 1. The summed E-state index contributed by atoms with van der Waals surface area (Å²) in [4.78, 5) is 35.2. The van der Waals surface area contributed by atoms with Crippen molar-refractivity contribution in [2.24, 2.45) is 5.92 Å². The minimum atomic E-state index is -0.559. The molecule has 9 heteroatoms. The van der Waals surface area contributed by atoms with Gasteiger partial charge in [-0.1, -0.05) is 41.9 Å². The van der Waals surface area contributed by atoms with Gasteiger partial charge in [-0.2, -0.15) is 0 Å². The average Bonchev–Trinajstić information content (AvgIpc) is 2.82. The first-order valence-electron chi connectivity index (χ1n) is 10.3. The molecule has 1 aliphatic heterocycles. The molecule has 1 aromatic carbocycles. The fourth-order valence-corrected chi connectivity index (χ4v) is 3.91. The summed E-state index contributed by atoms with van der Waals surface area (Å²) in [6.07, 6.45) is 1.75. The third kappa shape index (κ3) is 5.08. The molecule has 1 N–H and O–H groups in total. The molecule has 166 valence electrons. The van der Waals surface area contributed by atoms with E-state index in [-0.39, 0.29) is 19.2 Å². The fraction of sp³-hybridized carbons (Fsp3) is 0.304. The summed E-state index contributed by atoms with van der Waals surface area (Å²) in [5, 5.41) is 4.54. The zero-order valence-electron chi connectivity index (χ0n) is 17.5. The summed E-state index contributed by atoms with van der Waals surface area (Å²) in [5.74, 6) is -0.341. The van der Waals surface area contributed by atoms with Crippen LogP contribution in [-0.4, -0.2) is 53.2 Å². The van der Waals surface area contributed by atoms with Crippen LogP contribution in [0, 0.1) is 5.92 Å². The maximum atomic E-state index is 12.6. The summed E-state index contributed by atoms with van der Waals surface area (Å²) in [6.45, 7) is 0.822. The van der Waals surface area contributed by atoms with Gasteiger partial charge in [-0.15, -0.1) is 0 Å². The molecule has 0 saturated carbocycles. The summed E-state index contributed by atoms with van der Waals surface area (Å²) in [7, 11) is 1.34. The molecule has 2 unspecified atom stereocenters. The van der Waals surface area contributed by atoms with Gasteiger partial charge in [0.15, 0.2) is 0 Å². The first kappa shape index (κ1) is 21.8. The molecule has 0 radical (unpaired) electrons. The minimum Gasteiger partial charge on any atom is -0.469 e. The second-order valence-corrected chi connectivity index (χ2v) is 7.94. The molecule has 1 fully saturated rings. The predicted octanol–water partition coefficient (Wildman–Crippen LogP) is 3.90. The molecule has 3 heterocycles. The van der Waals surface area contributed by atoms with Crippen LogP contribution in [-0.2, 0) is 20.9 Å². The number of aromatic nitrogens is 2. The Morgan fingerprint density at radius 3 is 2.81 bits per heavy atom. The Hall–Kier alpha value is -3.39. The second-order valence-electron chi connectivity index (χ2n) is 7.55. The van der Waals surface area contributed by atoms with Gasteiger partial charge in [-0.3, -0.25) is 4.79 Å². The molecule has 1 saturated heterocycles. The van der Waals surface area contributed by atoms with Gasteiger partial charge >= 0.3 is 12.1 Å².